The van der Waals surface area contributed by atoms with E-state index in [4.69, 9.17) is 18.9 Å². The number of rotatable bonds is 17. The van der Waals surface area contributed by atoms with Crippen LogP contribution in [0.1, 0.15) is 44.4 Å². The number of carbonyl (C=O) groups is 1. The fourth-order valence-corrected chi connectivity index (χ4v) is 10.3. The summed E-state index contributed by atoms with van der Waals surface area (Å²) in [6.07, 6.45) is -0.741. The third-order valence-electron chi connectivity index (χ3n) is 8.55. The summed E-state index contributed by atoms with van der Waals surface area (Å²) in [6, 6.07) is 22.8. The Bertz CT molecular complexity index is 2360. The molecule has 310 valence electrons. The zero-order chi connectivity index (χ0) is 42.3. The van der Waals surface area contributed by atoms with Gasteiger partial charge >= 0.3 is 6.09 Å². The van der Waals surface area contributed by atoms with Gasteiger partial charge in [-0.15, -0.1) is 5.10 Å². The highest BCUT2D eigenvalue weighted by Gasteiger charge is 2.38. The smallest absolute Gasteiger partial charge is 0.407 e. The average Bonchev–Trinajstić information content (AvgIpc) is 3.64. The van der Waals surface area contributed by atoms with Gasteiger partial charge < -0.3 is 24.3 Å². The van der Waals surface area contributed by atoms with Crippen LogP contribution in [0.15, 0.2) is 94.7 Å². The lowest BCUT2D eigenvalue weighted by atomic mass is 10.2. The van der Waals surface area contributed by atoms with Crippen LogP contribution in [-0.2, 0) is 44.4 Å². The fraction of sp³-hybridized carbons (Fsp3) is 0.333. The second-order valence-corrected chi connectivity index (χ2v) is 18.9. The first kappa shape index (κ1) is 44.3. The van der Waals surface area contributed by atoms with E-state index in [2.05, 4.69) is 25.6 Å². The normalized spacial score (nSPS) is 12.6. The van der Waals surface area contributed by atoms with Gasteiger partial charge in [-0.3, -0.25) is 0 Å². The van der Waals surface area contributed by atoms with Crippen LogP contribution in [0.25, 0.3) is 11.4 Å². The van der Waals surface area contributed by atoms with Gasteiger partial charge in [-0.05, 0) is 126 Å². The molecule has 5 rings (SSSR count). The van der Waals surface area contributed by atoms with Gasteiger partial charge in [-0.25, -0.2) is 31.0 Å². The van der Waals surface area contributed by atoms with Crippen molar-refractivity contribution in [2.45, 2.75) is 68.8 Å². The predicted octanol–water partition coefficient (Wildman–Crippen LogP) is 5.60. The highest BCUT2D eigenvalue weighted by molar-refractivity contribution is 14.1. The molecule has 0 aliphatic rings. The van der Waals surface area contributed by atoms with E-state index in [0.29, 0.717) is 31.9 Å². The third kappa shape index (κ3) is 11.2. The van der Waals surface area contributed by atoms with Crippen molar-refractivity contribution in [3.05, 3.63) is 105 Å². The Hall–Kier alpha value is -4.83. The molecule has 16 nitrogen and oxygen atoms in total. The maximum Gasteiger partial charge on any atom is 0.407 e. The molecule has 1 unspecified atom stereocenters. The molecule has 0 spiro atoms. The molecule has 1 heterocycles. The molecule has 0 aliphatic heterocycles. The van der Waals surface area contributed by atoms with Crippen molar-refractivity contribution in [3.8, 4) is 28.6 Å². The summed E-state index contributed by atoms with van der Waals surface area (Å²) in [4.78, 5) is 11.3. The van der Waals surface area contributed by atoms with Crippen LogP contribution >= 0.6 is 22.6 Å². The number of amides is 1. The number of benzene rings is 4. The van der Waals surface area contributed by atoms with E-state index in [1.165, 1.54) is 42.3 Å². The van der Waals surface area contributed by atoms with E-state index in [1.807, 2.05) is 34.7 Å². The van der Waals surface area contributed by atoms with E-state index in [9.17, 15) is 13.2 Å². The Morgan fingerprint density at radius 3 is 1.78 bits per heavy atom. The van der Waals surface area contributed by atoms with Crippen LogP contribution in [0, 0.1) is 3.57 Å². The van der Waals surface area contributed by atoms with Crippen LogP contribution in [0.3, 0.4) is 0 Å². The number of nitrogens with one attached hydrogen (secondary N) is 2. The molecule has 1 atom stereocenters. The van der Waals surface area contributed by atoms with Crippen LogP contribution in [0.4, 0.5) is 4.79 Å². The number of alkyl carbamates (subject to hydrolysis) is 1. The lowest BCUT2D eigenvalue weighted by molar-refractivity contribution is 0.0524. The molecule has 0 saturated carbocycles. The SMILES string of the molecule is COc1ccc(CN(Cc2ccc(OC)cc2)S(=O)(=O)c2c(S(=O)(=O)NC(C)CNC(=O)OC(C)(C)C)ccc(I)c2-c2nnnn2Cc2ccc(OC)cc2)cc1. The molecular formula is C39H46IN7O9S2. The molecule has 19 heteroatoms. The minimum atomic E-state index is -4.77. The zero-order valence-electron chi connectivity index (χ0n) is 33.1. The molecule has 0 aliphatic carbocycles. The Balaban J connectivity index is 1.67. The molecule has 5 aromatic rings. The van der Waals surface area contributed by atoms with Gasteiger partial charge in [0.25, 0.3) is 0 Å². The lowest BCUT2D eigenvalue weighted by Crippen LogP contribution is -2.43. The van der Waals surface area contributed by atoms with Gasteiger partial charge in [0.2, 0.25) is 20.0 Å². The summed E-state index contributed by atoms with van der Waals surface area (Å²) in [7, 11) is -4.80. The Morgan fingerprint density at radius 2 is 1.29 bits per heavy atom. The second kappa shape index (κ2) is 18.8. The van der Waals surface area contributed by atoms with Crippen molar-refractivity contribution in [1.82, 2.24) is 34.6 Å². The van der Waals surface area contributed by atoms with Crippen molar-refractivity contribution in [3.63, 3.8) is 0 Å². The molecule has 1 amide bonds. The number of ether oxygens (including phenoxy) is 4. The van der Waals surface area contributed by atoms with Gasteiger partial charge in [0.1, 0.15) is 32.6 Å². The van der Waals surface area contributed by atoms with Crippen molar-refractivity contribution in [2.75, 3.05) is 27.9 Å². The maximum absolute atomic E-state index is 15.5. The first-order valence-electron chi connectivity index (χ1n) is 17.9. The highest BCUT2D eigenvalue weighted by Crippen LogP contribution is 2.38. The standard InChI is InChI=1S/C39H46IN7O9S2/c1-26(22-41-38(48)56-39(2,3)4)43-57(49,50)34-21-20-33(40)35(37-42-44-45-47(37)25-29-12-18-32(55-7)19-13-29)36(34)58(51,52)46(23-27-8-14-30(53-5)15-9-27)24-28-10-16-31(54-6)17-11-28/h8-21,26,43H,22-25H2,1-7H3,(H,41,48). The van der Waals surface area contributed by atoms with E-state index in [0.717, 1.165) is 5.56 Å². The van der Waals surface area contributed by atoms with E-state index in [-0.39, 0.29) is 37.6 Å². The van der Waals surface area contributed by atoms with Gasteiger partial charge in [-0.1, -0.05) is 36.4 Å². The number of hydrogen-bond donors (Lipinski definition) is 2. The topological polar surface area (TPSA) is 193 Å². The molecule has 2 N–H and O–H groups in total. The summed E-state index contributed by atoms with van der Waals surface area (Å²) in [6.45, 7) is 6.30. The largest absolute Gasteiger partial charge is 0.497 e. The predicted molar refractivity (Wildman–Crippen MR) is 225 cm³/mol. The van der Waals surface area contributed by atoms with Gasteiger partial charge in [0.15, 0.2) is 5.82 Å². The number of hydrogen-bond acceptors (Lipinski definition) is 12. The second-order valence-electron chi connectivity index (χ2n) is 14.1. The van der Waals surface area contributed by atoms with Crippen molar-refractivity contribution in [2.24, 2.45) is 0 Å². The number of tetrazole rings is 1. The summed E-state index contributed by atoms with van der Waals surface area (Å²) in [5, 5.41) is 14.9. The summed E-state index contributed by atoms with van der Waals surface area (Å²) < 4.78 is 86.8. The number of sulfonamides is 2. The lowest BCUT2D eigenvalue weighted by Gasteiger charge is -2.26. The van der Waals surface area contributed by atoms with E-state index < -0.39 is 47.6 Å². The molecule has 0 saturated heterocycles. The first-order chi connectivity index (χ1) is 27.4. The number of methoxy groups -OCH3 is 3. The molecule has 58 heavy (non-hydrogen) atoms. The minimum Gasteiger partial charge on any atom is -0.497 e. The number of halogens is 1. The third-order valence-corrected chi connectivity index (χ3v) is 13.1. The summed E-state index contributed by atoms with van der Waals surface area (Å²) in [5.41, 5.74) is 1.19. The van der Waals surface area contributed by atoms with Crippen molar-refractivity contribution >= 4 is 48.7 Å². The van der Waals surface area contributed by atoms with Gasteiger partial charge in [0, 0.05) is 29.2 Å². The van der Waals surface area contributed by atoms with Crippen LogP contribution in [0.5, 0.6) is 17.2 Å². The molecule has 1 aromatic heterocycles. The van der Waals surface area contributed by atoms with Crippen LogP contribution in [-0.4, -0.2) is 87.0 Å². The minimum absolute atomic E-state index is 0.0176. The Labute approximate surface area is 352 Å². The molecular weight excluding hydrogens is 902 g/mol. The molecule has 4 aromatic carbocycles. The zero-order valence-corrected chi connectivity index (χ0v) is 36.9. The van der Waals surface area contributed by atoms with Crippen molar-refractivity contribution in [1.29, 1.82) is 0 Å². The number of aromatic nitrogens is 4. The fourth-order valence-electron chi connectivity index (χ4n) is 5.75. The van der Waals surface area contributed by atoms with E-state index >= 15 is 8.42 Å². The van der Waals surface area contributed by atoms with Crippen molar-refractivity contribution < 1.29 is 40.6 Å². The van der Waals surface area contributed by atoms with Gasteiger partial charge in [-0.2, -0.15) is 4.31 Å². The van der Waals surface area contributed by atoms with E-state index in [1.54, 1.807) is 88.5 Å². The monoisotopic (exact) mass is 947 g/mol. The molecule has 0 radical (unpaired) electrons. The number of carbonyl (C=O) groups excluding carboxylic acids is 1. The Kier molecular flexibility index (Phi) is 14.4. The quantitative estimate of drug-likeness (QED) is 0.110. The highest BCUT2D eigenvalue weighted by atomic mass is 127. The first-order valence-corrected chi connectivity index (χ1v) is 21.9. The summed E-state index contributed by atoms with van der Waals surface area (Å²) >= 11 is 1.96. The summed E-state index contributed by atoms with van der Waals surface area (Å²) in [5.74, 6) is 1.81. The average molecular weight is 948 g/mol. The maximum atomic E-state index is 15.5. The number of nitrogens with zero attached hydrogens (tertiary/aromatic N) is 5. The Morgan fingerprint density at radius 1 is 0.793 bits per heavy atom. The van der Waals surface area contributed by atoms with Gasteiger partial charge in [0.05, 0.1) is 33.4 Å². The molecule has 0 fully saturated rings. The van der Waals surface area contributed by atoms with Crippen LogP contribution in [0.2, 0.25) is 0 Å². The van der Waals surface area contributed by atoms with Crippen LogP contribution < -0.4 is 24.2 Å². The molecule has 0 bridgehead atoms.